The molecule has 0 aliphatic rings. The second-order valence-electron chi connectivity index (χ2n) is 4.17. The Morgan fingerprint density at radius 1 is 1.11 bits per heavy atom. The first-order valence-corrected chi connectivity index (χ1v) is 6.60. The maximum Gasteiger partial charge on any atom is 0.213 e. The maximum absolute atomic E-state index is 9.06. The highest BCUT2D eigenvalue weighted by Gasteiger charge is 2.03. The first-order valence-electron chi connectivity index (χ1n) is 6.22. The number of aromatic nitrogens is 1. The summed E-state index contributed by atoms with van der Waals surface area (Å²) in [5, 5.41) is 9.52. The molecule has 0 saturated carbocycles. The molecule has 3 nitrogen and oxygen atoms in total. The zero-order valence-corrected chi connectivity index (χ0v) is 11.3. The van der Waals surface area contributed by atoms with Crippen molar-refractivity contribution in [2.45, 2.75) is 19.4 Å². The number of nitrogens with zero attached hydrogens (tertiary/aromatic N) is 1. The number of aryl methyl sites for hydroxylation is 1. The van der Waals surface area contributed by atoms with Crippen LogP contribution in [0, 0.1) is 0 Å². The van der Waals surface area contributed by atoms with Crippen LogP contribution in [0.5, 0.6) is 5.88 Å². The van der Waals surface area contributed by atoms with Gasteiger partial charge in [0.1, 0.15) is 0 Å². The molecule has 1 aromatic heterocycles. The van der Waals surface area contributed by atoms with E-state index in [9.17, 15) is 0 Å². The zero-order valence-electron chi connectivity index (χ0n) is 10.6. The van der Waals surface area contributed by atoms with Crippen molar-refractivity contribution in [1.29, 1.82) is 0 Å². The van der Waals surface area contributed by atoms with Crippen LogP contribution in [0.1, 0.15) is 17.7 Å². The van der Waals surface area contributed by atoms with E-state index >= 15 is 0 Å². The Hall–Kier alpha value is -1.58. The Bertz CT molecular complexity index is 517. The summed E-state index contributed by atoms with van der Waals surface area (Å²) in [6.07, 6.45) is 1.89. The summed E-state index contributed by atoms with van der Waals surface area (Å²) in [5.41, 5.74) is 1.74. The molecular formula is C15H16ClNO2. The Labute approximate surface area is 117 Å². The lowest BCUT2D eigenvalue weighted by Crippen LogP contribution is -2.02. The van der Waals surface area contributed by atoms with Gasteiger partial charge in [-0.3, -0.25) is 0 Å². The standard InChI is InChI=1S/C15H16ClNO2/c16-13-8-9-15(17-14(13)11-18)19-10-4-7-12-5-2-1-3-6-12/h1-3,5-6,8-9,18H,4,7,10-11H2. The third kappa shape index (κ3) is 4.23. The van der Waals surface area contributed by atoms with Crippen LogP contribution in [-0.2, 0) is 13.0 Å². The molecule has 1 aromatic carbocycles. The minimum atomic E-state index is -0.181. The number of hydrogen-bond donors (Lipinski definition) is 1. The van der Waals surface area contributed by atoms with E-state index in [4.69, 9.17) is 21.4 Å². The van der Waals surface area contributed by atoms with Crippen LogP contribution in [0.2, 0.25) is 5.02 Å². The topological polar surface area (TPSA) is 42.4 Å². The molecule has 0 spiro atoms. The minimum absolute atomic E-state index is 0.181. The van der Waals surface area contributed by atoms with E-state index in [1.165, 1.54) is 5.56 Å². The molecule has 0 radical (unpaired) electrons. The molecule has 0 aliphatic heterocycles. The second kappa shape index (κ2) is 7.12. The van der Waals surface area contributed by atoms with Crippen molar-refractivity contribution in [3.8, 4) is 5.88 Å². The van der Waals surface area contributed by atoms with Crippen LogP contribution in [0.25, 0.3) is 0 Å². The van der Waals surface area contributed by atoms with Gasteiger partial charge in [0, 0.05) is 6.07 Å². The molecule has 1 N–H and O–H groups in total. The van der Waals surface area contributed by atoms with Crippen molar-refractivity contribution in [3.05, 3.63) is 58.7 Å². The van der Waals surface area contributed by atoms with Crippen LogP contribution in [0.15, 0.2) is 42.5 Å². The van der Waals surface area contributed by atoms with Gasteiger partial charge in [-0.2, -0.15) is 0 Å². The Morgan fingerprint density at radius 2 is 1.89 bits per heavy atom. The fraction of sp³-hybridized carbons (Fsp3) is 0.267. The SMILES string of the molecule is OCc1nc(OCCCc2ccccc2)ccc1Cl. The average molecular weight is 278 g/mol. The Morgan fingerprint density at radius 3 is 2.63 bits per heavy atom. The van der Waals surface area contributed by atoms with E-state index < -0.39 is 0 Å². The lowest BCUT2D eigenvalue weighted by atomic mass is 10.1. The molecule has 2 rings (SSSR count). The van der Waals surface area contributed by atoms with Gasteiger partial charge in [-0.05, 0) is 24.5 Å². The molecule has 0 aliphatic carbocycles. The van der Waals surface area contributed by atoms with Crippen molar-refractivity contribution in [2.75, 3.05) is 6.61 Å². The minimum Gasteiger partial charge on any atom is -0.478 e. The summed E-state index contributed by atoms with van der Waals surface area (Å²) in [6, 6.07) is 13.7. The summed E-state index contributed by atoms with van der Waals surface area (Å²) in [4.78, 5) is 4.13. The highest BCUT2D eigenvalue weighted by atomic mass is 35.5. The highest BCUT2D eigenvalue weighted by Crippen LogP contribution is 2.18. The van der Waals surface area contributed by atoms with Gasteiger partial charge in [-0.15, -0.1) is 0 Å². The number of halogens is 1. The summed E-state index contributed by atoms with van der Waals surface area (Å²) in [5.74, 6) is 0.501. The average Bonchev–Trinajstić information content (AvgIpc) is 2.46. The fourth-order valence-corrected chi connectivity index (χ4v) is 1.92. The van der Waals surface area contributed by atoms with Gasteiger partial charge in [0.25, 0.3) is 0 Å². The van der Waals surface area contributed by atoms with Crippen LogP contribution in [-0.4, -0.2) is 16.7 Å². The van der Waals surface area contributed by atoms with Gasteiger partial charge >= 0.3 is 0 Å². The molecule has 0 fully saturated rings. The van der Waals surface area contributed by atoms with Crippen LogP contribution >= 0.6 is 11.6 Å². The van der Waals surface area contributed by atoms with Crippen molar-refractivity contribution in [3.63, 3.8) is 0 Å². The molecule has 0 atom stereocenters. The molecule has 0 bridgehead atoms. The predicted octanol–water partition coefficient (Wildman–Crippen LogP) is 3.24. The largest absolute Gasteiger partial charge is 0.478 e. The first-order chi connectivity index (χ1) is 9.29. The van der Waals surface area contributed by atoms with Gasteiger partial charge in [0.15, 0.2) is 0 Å². The van der Waals surface area contributed by atoms with Crippen molar-refractivity contribution in [2.24, 2.45) is 0 Å². The molecule has 100 valence electrons. The van der Waals surface area contributed by atoms with Gasteiger partial charge in [-0.1, -0.05) is 41.9 Å². The summed E-state index contributed by atoms with van der Waals surface area (Å²) in [7, 11) is 0. The van der Waals surface area contributed by atoms with Crippen LogP contribution < -0.4 is 4.74 Å². The number of aliphatic hydroxyl groups is 1. The van der Waals surface area contributed by atoms with E-state index in [1.807, 2.05) is 18.2 Å². The molecule has 19 heavy (non-hydrogen) atoms. The smallest absolute Gasteiger partial charge is 0.213 e. The number of aliphatic hydroxyl groups excluding tert-OH is 1. The highest BCUT2D eigenvalue weighted by molar-refractivity contribution is 6.31. The number of rotatable bonds is 6. The molecule has 2 aromatic rings. The van der Waals surface area contributed by atoms with Crippen molar-refractivity contribution in [1.82, 2.24) is 4.98 Å². The van der Waals surface area contributed by atoms with E-state index in [0.29, 0.717) is 23.2 Å². The van der Waals surface area contributed by atoms with Crippen LogP contribution in [0.3, 0.4) is 0 Å². The lowest BCUT2D eigenvalue weighted by molar-refractivity contribution is 0.268. The third-order valence-corrected chi connectivity index (χ3v) is 3.09. The molecular weight excluding hydrogens is 262 g/mol. The maximum atomic E-state index is 9.06. The number of pyridine rings is 1. The molecule has 0 amide bonds. The zero-order chi connectivity index (χ0) is 13.5. The summed E-state index contributed by atoms with van der Waals surface area (Å²) < 4.78 is 5.54. The lowest BCUT2D eigenvalue weighted by Gasteiger charge is -2.07. The van der Waals surface area contributed by atoms with Gasteiger partial charge in [-0.25, -0.2) is 4.98 Å². The number of hydrogen-bond acceptors (Lipinski definition) is 3. The molecule has 0 unspecified atom stereocenters. The van der Waals surface area contributed by atoms with E-state index in [1.54, 1.807) is 12.1 Å². The number of benzene rings is 1. The quantitative estimate of drug-likeness (QED) is 0.824. The van der Waals surface area contributed by atoms with Crippen molar-refractivity contribution >= 4 is 11.6 Å². The molecule has 1 heterocycles. The summed E-state index contributed by atoms with van der Waals surface area (Å²) in [6.45, 7) is 0.411. The molecule has 4 heteroatoms. The monoisotopic (exact) mass is 277 g/mol. The van der Waals surface area contributed by atoms with Crippen molar-refractivity contribution < 1.29 is 9.84 Å². The van der Waals surface area contributed by atoms with Gasteiger partial charge in [0.2, 0.25) is 5.88 Å². The third-order valence-electron chi connectivity index (χ3n) is 2.75. The number of ether oxygens (including phenoxy) is 1. The second-order valence-corrected chi connectivity index (χ2v) is 4.58. The normalized spacial score (nSPS) is 10.4. The Kier molecular flexibility index (Phi) is 5.19. The van der Waals surface area contributed by atoms with E-state index in [2.05, 4.69) is 17.1 Å². The summed E-state index contributed by atoms with van der Waals surface area (Å²) >= 11 is 5.86. The fourth-order valence-electron chi connectivity index (χ4n) is 1.75. The van der Waals surface area contributed by atoms with Gasteiger partial charge in [0.05, 0.1) is 23.9 Å². The van der Waals surface area contributed by atoms with Crippen LogP contribution in [0.4, 0.5) is 0 Å². The van der Waals surface area contributed by atoms with E-state index in [-0.39, 0.29) is 6.61 Å². The van der Waals surface area contributed by atoms with E-state index in [0.717, 1.165) is 12.8 Å². The molecule has 0 saturated heterocycles. The first kappa shape index (κ1) is 13.8. The van der Waals surface area contributed by atoms with Gasteiger partial charge < -0.3 is 9.84 Å². The Balaban J connectivity index is 1.80. The predicted molar refractivity (Wildman–Crippen MR) is 75.4 cm³/mol.